The zero-order chi connectivity index (χ0) is 11.1. The summed E-state index contributed by atoms with van der Waals surface area (Å²) in [5.74, 6) is -0.0777. The molecule has 0 aromatic heterocycles. The van der Waals surface area contributed by atoms with Gasteiger partial charge in [-0.3, -0.25) is 10.2 Å². The SMILES string of the molecule is CCCCNNC(=O)c1ccc(C)cc1. The molecule has 0 saturated carbocycles. The van der Waals surface area contributed by atoms with Crippen LogP contribution in [0.25, 0.3) is 0 Å². The Hall–Kier alpha value is -1.35. The molecule has 0 saturated heterocycles. The van der Waals surface area contributed by atoms with Crippen molar-refractivity contribution in [3.05, 3.63) is 35.4 Å². The van der Waals surface area contributed by atoms with Crippen molar-refractivity contribution in [3.8, 4) is 0 Å². The second kappa shape index (κ2) is 6.19. The molecular weight excluding hydrogens is 188 g/mol. The Kier molecular flexibility index (Phi) is 4.84. The summed E-state index contributed by atoms with van der Waals surface area (Å²) in [5.41, 5.74) is 7.41. The van der Waals surface area contributed by atoms with E-state index in [9.17, 15) is 4.79 Å². The van der Waals surface area contributed by atoms with E-state index in [4.69, 9.17) is 0 Å². The number of benzene rings is 1. The van der Waals surface area contributed by atoms with Crippen LogP contribution >= 0.6 is 0 Å². The van der Waals surface area contributed by atoms with Crippen LogP contribution in [0.1, 0.15) is 35.7 Å². The number of hydrogen-bond acceptors (Lipinski definition) is 2. The van der Waals surface area contributed by atoms with Gasteiger partial charge in [-0.15, -0.1) is 0 Å². The number of unbranched alkanes of at least 4 members (excludes halogenated alkanes) is 1. The Morgan fingerprint density at radius 3 is 2.53 bits per heavy atom. The minimum Gasteiger partial charge on any atom is -0.287 e. The van der Waals surface area contributed by atoms with E-state index in [0.717, 1.165) is 24.9 Å². The lowest BCUT2D eigenvalue weighted by Gasteiger charge is -2.06. The van der Waals surface area contributed by atoms with Crippen LogP contribution in [0.2, 0.25) is 0 Å². The Morgan fingerprint density at radius 2 is 1.93 bits per heavy atom. The molecule has 2 N–H and O–H groups in total. The molecule has 0 radical (unpaired) electrons. The lowest BCUT2D eigenvalue weighted by molar-refractivity contribution is 0.0933. The summed E-state index contributed by atoms with van der Waals surface area (Å²) < 4.78 is 0. The van der Waals surface area contributed by atoms with Crippen LogP contribution in [0, 0.1) is 6.92 Å². The highest BCUT2D eigenvalue weighted by atomic mass is 16.2. The van der Waals surface area contributed by atoms with Crippen molar-refractivity contribution < 1.29 is 4.79 Å². The molecule has 1 amide bonds. The quantitative estimate of drug-likeness (QED) is 0.571. The van der Waals surface area contributed by atoms with Gasteiger partial charge >= 0.3 is 0 Å². The predicted octanol–water partition coefficient (Wildman–Crippen LogP) is 2.03. The summed E-state index contributed by atoms with van der Waals surface area (Å²) in [6.45, 7) is 4.93. The number of amides is 1. The van der Waals surface area contributed by atoms with Gasteiger partial charge in [0.25, 0.3) is 5.91 Å². The predicted molar refractivity (Wildman–Crippen MR) is 61.6 cm³/mol. The Balaban J connectivity index is 2.37. The van der Waals surface area contributed by atoms with Crippen molar-refractivity contribution in [3.63, 3.8) is 0 Å². The second-order valence-electron chi connectivity index (χ2n) is 3.60. The minimum absolute atomic E-state index is 0.0777. The number of carbonyl (C=O) groups excluding carboxylic acids is 1. The highest BCUT2D eigenvalue weighted by Gasteiger charge is 2.02. The number of rotatable bonds is 5. The number of hydrogen-bond donors (Lipinski definition) is 2. The smallest absolute Gasteiger partial charge is 0.265 e. The van der Waals surface area contributed by atoms with Crippen molar-refractivity contribution in [2.45, 2.75) is 26.7 Å². The third-order valence-corrected chi connectivity index (χ3v) is 2.17. The molecule has 1 aromatic carbocycles. The first kappa shape index (κ1) is 11.7. The maximum atomic E-state index is 11.5. The van der Waals surface area contributed by atoms with E-state index < -0.39 is 0 Å². The lowest BCUT2D eigenvalue weighted by atomic mass is 10.1. The topological polar surface area (TPSA) is 41.1 Å². The van der Waals surface area contributed by atoms with Gasteiger partial charge < -0.3 is 0 Å². The zero-order valence-electron chi connectivity index (χ0n) is 9.34. The fourth-order valence-corrected chi connectivity index (χ4v) is 1.19. The Labute approximate surface area is 90.9 Å². The maximum Gasteiger partial charge on any atom is 0.265 e. The van der Waals surface area contributed by atoms with Gasteiger partial charge in [-0.05, 0) is 25.5 Å². The first-order valence-corrected chi connectivity index (χ1v) is 5.34. The molecule has 3 nitrogen and oxygen atoms in total. The van der Waals surface area contributed by atoms with Gasteiger partial charge in [-0.1, -0.05) is 31.0 Å². The van der Waals surface area contributed by atoms with Crippen LogP contribution in [0.3, 0.4) is 0 Å². The van der Waals surface area contributed by atoms with E-state index in [1.165, 1.54) is 0 Å². The van der Waals surface area contributed by atoms with Crippen molar-refractivity contribution in [1.82, 2.24) is 10.9 Å². The third-order valence-electron chi connectivity index (χ3n) is 2.17. The Morgan fingerprint density at radius 1 is 1.27 bits per heavy atom. The number of aryl methyl sites for hydroxylation is 1. The number of nitrogens with one attached hydrogen (secondary N) is 2. The molecule has 0 aliphatic rings. The van der Waals surface area contributed by atoms with Crippen LogP contribution in [0.15, 0.2) is 24.3 Å². The molecule has 82 valence electrons. The van der Waals surface area contributed by atoms with Gasteiger partial charge in [0, 0.05) is 12.1 Å². The standard InChI is InChI=1S/C12H18N2O/c1-3-4-9-13-14-12(15)11-7-5-10(2)6-8-11/h5-8,13H,3-4,9H2,1-2H3,(H,14,15). The molecule has 0 spiro atoms. The largest absolute Gasteiger partial charge is 0.287 e. The van der Waals surface area contributed by atoms with Gasteiger partial charge in [0.2, 0.25) is 0 Å². The molecule has 0 aliphatic carbocycles. The van der Waals surface area contributed by atoms with Crippen LogP contribution < -0.4 is 10.9 Å². The average molecular weight is 206 g/mol. The molecule has 1 rings (SSSR count). The fourth-order valence-electron chi connectivity index (χ4n) is 1.19. The van der Waals surface area contributed by atoms with Crippen molar-refractivity contribution in [2.75, 3.05) is 6.54 Å². The molecular formula is C12H18N2O. The zero-order valence-corrected chi connectivity index (χ0v) is 9.34. The van der Waals surface area contributed by atoms with Gasteiger partial charge in [-0.2, -0.15) is 0 Å². The van der Waals surface area contributed by atoms with Crippen LogP contribution in [-0.4, -0.2) is 12.5 Å². The first-order chi connectivity index (χ1) is 7.24. The highest BCUT2D eigenvalue weighted by Crippen LogP contribution is 2.02. The minimum atomic E-state index is -0.0777. The van der Waals surface area contributed by atoms with Crippen molar-refractivity contribution >= 4 is 5.91 Å². The maximum absolute atomic E-state index is 11.5. The summed E-state index contributed by atoms with van der Waals surface area (Å²) >= 11 is 0. The monoisotopic (exact) mass is 206 g/mol. The summed E-state index contributed by atoms with van der Waals surface area (Å²) in [6.07, 6.45) is 2.18. The van der Waals surface area contributed by atoms with Crippen LogP contribution in [0.5, 0.6) is 0 Å². The molecule has 0 heterocycles. The molecule has 0 aliphatic heterocycles. The van der Waals surface area contributed by atoms with E-state index in [2.05, 4.69) is 17.8 Å². The molecule has 0 atom stereocenters. The molecule has 0 bridgehead atoms. The van der Waals surface area contributed by atoms with Gasteiger partial charge in [0.15, 0.2) is 0 Å². The summed E-state index contributed by atoms with van der Waals surface area (Å²) in [4.78, 5) is 11.5. The van der Waals surface area contributed by atoms with E-state index in [-0.39, 0.29) is 5.91 Å². The summed E-state index contributed by atoms with van der Waals surface area (Å²) in [6, 6.07) is 7.51. The first-order valence-electron chi connectivity index (χ1n) is 5.34. The normalized spacial score (nSPS) is 10.0. The Bertz CT molecular complexity index is 306. The molecule has 0 fully saturated rings. The van der Waals surface area contributed by atoms with Crippen LogP contribution in [0.4, 0.5) is 0 Å². The molecule has 15 heavy (non-hydrogen) atoms. The van der Waals surface area contributed by atoms with Crippen molar-refractivity contribution in [1.29, 1.82) is 0 Å². The van der Waals surface area contributed by atoms with Gasteiger partial charge in [-0.25, -0.2) is 5.43 Å². The van der Waals surface area contributed by atoms with E-state index in [1.807, 2.05) is 31.2 Å². The third kappa shape index (κ3) is 4.13. The highest BCUT2D eigenvalue weighted by molar-refractivity contribution is 5.93. The summed E-state index contributed by atoms with van der Waals surface area (Å²) in [5, 5.41) is 0. The molecule has 0 unspecified atom stereocenters. The van der Waals surface area contributed by atoms with E-state index in [0.29, 0.717) is 5.56 Å². The number of hydrazine groups is 1. The molecule has 3 heteroatoms. The second-order valence-corrected chi connectivity index (χ2v) is 3.60. The summed E-state index contributed by atoms with van der Waals surface area (Å²) in [7, 11) is 0. The lowest BCUT2D eigenvalue weighted by Crippen LogP contribution is -2.37. The van der Waals surface area contributed by atoms with E-state index in [1.54, 1.807) is 0 Å². The molecule has 1 aromatic rings. The van der Waals surface area contributed by atoms with Gasteiger partial charge in [0.05, 0.1) is 0 Å². The van der Waals surface area contributed by atoms with Crippen molar-refractivity contribution in [2.24, 2.45) is 0 Å². The number of carbonyl (C=O) groups is 1. The average Bonchev–Trinajstić information content (AvgIpc) is 2.25. The van der Waals surface area contributed by atoms with Gasteiger partial charge in [0.1, 0.15) is 0 Å². The van der Waals surface area contributed by atoms with Crippen LogP contribution in [-0.2, 0) is 0 Å². The van der Waals surface area contributed by atoms with E-state index >= 15 is 0 Å². The fraction of sp³-hybridized carbons (Fsp3) is 0.417.